The summed E-state index contributed by atoms with van der Waals surface area (Å²) >= 11 is 0. The zero-order valence-corrected chi connectivity index (χ0v) is 45.9. The predicted molar refractivity (Wildman–Crippen MR) is 312 cm³/mol. The molecule has 0 aliphatic carbocycles. The van der Waals surface area contributed by atoms with Gasteiger partial charge in [-0.3, -0.25) is 0 Å². The van der Waals surface area contributed by atoms with E-state index >= 15 is 0 Å². The lowest BCUT2D eigenvalue weighted by Crippen LogP contribution is -2.53. The molecule has 0 saturated heterocycles. The van der Waals surface area contributed by atoms with E-state index in [2.05, 4.69) is 246 Å². The largest absolute Gasteiger partial charge is 0.456 e. The minimum absolute atomic E-state index is 0.0220. The molecule has 74 heavy (non-hydrogen) atoms. The molecule has 11 aromatic rings. The van der Waals surface area contributed by atoms with Crippen LogP contribution in [0.5, 0.6) is 0 Å². The van der Waals surface area contributed by atoms with Crippen molar-refractivity contribution in [3.8, 4) is 39.5 Å². The number of aromatic nitrogens is 3. The van der Waals surface area contributed by atoms with Gasteiger partial charge >= 0.3 is 0 Å². The molecule has 0 amide bonds. The first kappa shape index (κ1) is 47.7. The summed E-state index contributed by atoms with van der Waals surface area (Å²) in [5.41, 5.74) is 20.2. The summed E-state index contributed by atoms with van der Waals surface area (Å²) in [5, 5.41) is 6.10. The molecule has 370 valence electrons. The van der Waals surface area contributed by atoms with E-state index < -0.39 is 8.07 Å². The number of benzene rings is 7. The van der Waals surface area contributed by atoms with Crippen molar-refractivity contribution in [2.24, 2.45) is 13.0 Å². The minimum atomic E-state index is -1.79. The van der Waals surface area contributed by atoms with Crippen LogP contribution in [0.25, 0.3) is 94.4 Å². The van der Waals surface area contributed by atoms with Gasteiger partial charge < -0.3 is 8.83 Å². The number of nitrogens with zero attached hydrogens (tertiary/aromatic N) is 3. The molecule has 0 spiro atoms. The molecule has 0 bridgehead atoms. The summed E-state index contributed by atoms with van der Waals surface area (Å²) in [6, 6.07) is 53.9. The molecule has 4 aromatic heterocycles. The molecule has 0 N–H and O–H groups in total. The number of pyridine rings is 1. The highest BCUT2D eigenvalue weighted by atomic mass is 28.3. The highest BCUT2D eigenvalue weighted by molar-refractivity contribution is 6.89. The van der Waals surface area contributed by atoms with E-state index in [9.17, 15) is 0 Å². The smallest absolute Gasteiger partial charge is 0.295 e. The Morgan fingerprint density at radius 1 is 0.649 bits per heavy atom. The van der Waals surface area contributed by atoms with Crippen LogP contribution in [-0.4, -0.2) is 12.6 Å². The maximum atomic E-state index is 6.99. The first-order valence-corrected chi connectivity index (χ1v) is 30.5. The molecule has 6 heteroatoms. The Morgan fingerprint density at radius 3 is 1.97 bits per heavy atom. The standard InChI is InChI=1S/C68H69N3O2Si/c1-12-57-48(51-32-33-52-49-24-16-21-29-62(49)73-67(52)65(51)60-37-47(34-41(2)3)64(40-70(57)60)74(9,10)11)31-30-45-38-63-56(50-25-17-20-28-61(50)72-63)39-55(45)68-69(8)58-26-18-19-27-59(58)71(68)66-53(42(4)5)35-46(36-54(66)43(6)7)44-22-14-13-15-23-44/h12-29,32-33,35-43,48,57H,1,30-31,34H2,2-11H3/q+2. The van der Waals surface area contributed by atoms with Gasteiger partial charge in [-0.05, 0) is 119 Å². The normalized spacial score (nSPS) is 14.9. The summed E-state index contributed by atoms with van der Waals surface area (Å²) in [6.07, 6.45) is 7.48. The lowest BCUT2D eigenvalue weighted by molar-refractivity contribution is -0.706. The maximum Gasteiger partial charge on any atom is 0.295 e. The van der Waals surface area contributed by atoms with Gasteiger partial charge in [-0.25, -0.2) is 4.57 Å². The zero-order valence-electron chi connectivity index (χ0n) is 44.9. The number of furan rings is 2. The van der Waals surface area contributed by atoms with E-state index in [1.807, 2.05) is 0 Å². The number of hydrogen-bond acceptors (Lipinski definition) is 2. The van der Waals surface area contributed by atoms with Crippen LogP contribution in [0.15, 0.2) is 173 Å². The second kappa shape index (κ2) is 18.3. The molecule has 1 aliphatic rings. The summed E-state index contributed by atoms with van der Waals surface area (Å²) in [6.45, 7) is 26.2. The third-order valence-electron chi connectivity index (χ3n) is 16.2. The van der Waals surface area contributed by atoms with Crippen LogP contribution < -0.4 is 14.3 Å². The Balaban J connectivity index is 1.10. The topological polar surface area (TPSA) is 39.0 Å². The third-order valence-corrected chi connectivity index (χ3v) is 18.2. The summed E-state index contributed by atoms with van der Waals surface area (Å²) in [4.78, 5) is 0. The van der Waals surface area contributed by atoms with E-state index in [0.29, 0.717) is 5.92 Å². The Hall–Kier alpha value is -7.28. The first-order valence-electron chi connectivity index (χ1n) is 27.0. The minimum Gasteiger partial charge on any atom is -0.456 e. The van der Waals surface area contributed by atoms with Gasteiger partial charge in [0.2, 0.25) is 5.69 Å². The maximum absolute atomic E-state index is 6.99. The lowest BCUT2D eigenvalue weighted by atomic mass is 9.78. The fraction of sp³-hybridized carbons (Fsp3) is 0.265. The summed E-state index contributed by atoms with van der Waals surface area (Å²) in [7, 11) is 0.476. The van der Waals surface area contributed by atoms with Gasteiger partial charge in [0.15, 0.2) is 23.3 Å². The van der Waals surface area contributed by atoms with Crippen molar-refractivity contribution in [3.05, 3.63) is 192 Å². The van der Waals surface area contributed by atoms with Gasteiger partial charge in [-0.15, -0.1) is 0 Å². The van der Waals surface area contributed by atoms with Gasteiger partial charge in [-0.2, -0.15) is 9.13 Å². The predicted octanol–water partition coefficient (Wildman–Crippen LogP) is 17.0. The van der Waals surface area contributed by atoms with E-state index in [4.69, 9.17) is 8.83 Å². The fourth-order valence-corrected chi connectivity index (χ4v) is 14.4. The Labute approximate surface area is 437 Å². The number of fused-ring (bicyclic) bond motifs is 11. The molecule has 2 unspecified atom stereocenters. The quantitative estimate of drug-likeness (QED) is 0.0695. The molecule has 2 atom stereocenters. The Morgan fingerprint density at radius 2 is 1.30 bits per heavy atom. The molecule has 0 saturated carbocycles. The zero-order chi connectivity index (χ0) is 51.3. The fourth-order valence-electron chi connectivity index (χ4n) is 12.7. The van der Waals surface area contributed by atoms with Crippen LogP contribution in [0.3, 0.4) is 0 Å². The SMILES string of the molecule is C=CC1C(CCc2cc3oc4ccccc4c3cc2-c2n(-c3c(C(C)C)cc(-c4ccccc4)cc3C(C)C)c3ccccc3[n+]2C)c2ccc3c(oc4ccccc43)c2-c2cc(CC(C)C)c([Si](C)(C)C)c[n+]21. The molecule has 5 nitrogen and oxygen atoms in total. The van der Waals surface area contributed by atoms with Crippen LogP contribution in [0.4, 0.5) is 0 Å². The molecular weight excluding hydrogens is 919 g/mol. The van der Waals surface area contributed by atoms with E-state index in [1.54, 1.807) is 0 Å². The second-order valence-electron chi connectivity index (χ2n) is 23.2. The molecule has 0 fully saturated rings. The average Bonchev–Trinajstić information content (AvgIpc) is 4.05. The van der Waals surface area contributed by atoms with E-state index in [1.165, 1.54) is 77.7 Å². The van der Waals surface area contributed by atoms with Crippen LogP contribution in [0, 0.1) is 5.92 Å². The number of aryl methyl sites for hydroxylation is 2. The Kier molecular flexibility index (Phi) is 11.8. The number of para-hydroxylation sites is 4. The third kappa shape index (κ3) is 7.78. The second-order valence-corrected chi connectivity index (χ2v) is 28.3. The van der Waals surface area contributed by atoms with Crippen molar-refractivity contribution < 1.29 is 18.0 Å². The van der Waals surface area contributed by atoms with Gasteiger partial charge in [0, 0.05) is 43.9 Å². The van der Waals surface area contributed by atoms with Crippen LogP contribution in [0.1, 0.15) is 99.6 Å². The number of hydrogen-bond donors (Lipinski definition) is 0. The summed E-state index contributed by atoms with van der Waals surface area (Å²) < 4.78 is 21.4. The number of allylic oxidation sites excluding steroid dienone is 1. The van der Waals surface area contributed by atoms with Gasteiger partial charge in [0.05, 0.1) is 32.2 Å². The Bertz CT molecular complexity index is 3980. The van der Waals surface area contributed by atoms with Crippen molar-refractivity contribution in [2.45, 2.75) is 104 Å². The molecule has 0 radical (unpaired) electrons. The molecule has 1 aliphatic heterocycles. The van der Waals surface area contributed by atoms with Crippen LogP contribution in [0.2, 0.25) is 19.6 Å². The van der Waals surface area contributed by atoms with Crippen molar-refractivity contribution in [2.75, 3.05) is 0 Å². The first-order chi connectivity index (χ1) is 35.7. The van der Waals surface area contributed by atoms with Crippen molar-refractivity contribution in [1.82, 2.24) is 4.57 Å². The van der Waals surface area contributed by atoms with E-state index in [0.717, 1.165) is 69.0 Å². The van der Waals surface area contributed by atoms with Crippen LogP contribution in [-0.2, 0) is 19.9 Å². The van der Waals surface area contributed by atoms with Crippen molar-refractivity contribution in [1.29, 1.82) is 0 Å². The summed E-state index contributed by atoms with van der Waals surface area (Å²) in [5.74, 6) is 2.31. The number of imidazole rings is 1. The van der Waals surface area contributed by atoms with Crippen LogP contribution >= 0.6 is 0 Å². The molecular formula is C68H69N3O2Si+2. The van der Waals surface area contributed by atoms with Gasteiger partial charge in [-0.1, -0.05) is 159 Å². The molecule has 7 aromatic carbocycles. The highest BCUT2D eigenvalue weighted by Gasteiger charge is 2.43. The number of rotatable bonds is 12. The van der Waals surface area contributed by atoms with Crippen molar-refractivity contribution in [3.63, 3.8) is 0 Å². The highest BCUT2D eigenvalue weighted by Crippen LogP contribution is 2.48. The van der Waals surface area contributed by atoms with Gasteiger partial charge in [0.1, 0.15) is 28.0 Å². The molecule has 5 heterocycles. The average molecular weight is 988 g/mol. The molecule has 12 rings (SSSR count). The lowest BCUT2D eigenvalue weighted by Gasteiger charge is -2.31. The van der Waals surface area contributed by atoms with Gasteiger partial charge in [0.25, 0.3) is 5.82 Å². The van der Waals surface area contributed by atoms with Crippen molar-refractivity contribution >= 4 is 68.2 Å². The monoisotopic (exact) mass is 988 g/mol. The van der Waals surface area contributed by atoms with E-state index in [-0.39, 0.29) is 23.8 Å².